The van der Waals surface area contributed by atoms with Crippen molar-refractivity contribution < 1.29 is 23.4 Å². The average molecular weight is 554 g/mol. The molecule has 0 fully saturated rings. The minimum Gasteiger partial charge on any atom is -0.491 e. The molecule has 8 nitrogen and oxygen atoms in total. The molecule has 0 aliphatic carbocycles. The molecule has 0 unspecified atom stereocenters. The molecule has 3 aromatic heterocycles. The Morgan fingerprint density at radius 3 is 2.37 bits per heavy atom. The second-order valence-electron chi connectivity index (χ2n) is 9.39. The number of fused-ring (bicyclic) bond motifs is 1. The van der Waals surface area contributed by atoms with E-state index in [1.807, 2.05) is 6.92 Å². The van der Waals surface area contributed by atoms with Gasteiger partial charge in [-0.2, -0.15) is 0 Å². The number of aryl methyl sites for hydroxylation is 2. The number of nitrogens with zero attached hydrogens (tertiary/aromatic N) is 2. The lowest BCUT2D eigenvalue weighted by atomic mass is 9.94. The Labute approximate surface area is 235 Å². The summed E-state index contributed by atoms with van der Waals surface area (Å²) in [7, 11) is 3.03. The molecule has 0 atom stereocenters. The van der Waals surface area contributed by atoms with Crippen molar-refractivity contribution in [1.29, 1.82) is 0 Å². The average Bonchev–Trinajstić information content (AvgIpc) is 2.98. The van der Waals surface area contributed by atoms with Crippen LogP contribution in [0.25, 0.3) is 22.2 Å². The van der Waals surface area contributed by atoms with E-state index >= 15 is 0 Å². The third-order valence-corrected chi connectivity index (χ3v) is 6.77. The topological polar surface area (TPSA) is 103 Å². The van der Waals surface area contributed by atoms with Crippen LogP contribution in [-0.4, -0.2) is 35.0 Å². The number of H-pyrrole nitrogens is 1. The monoisotopic (exact) mass is 553 g/mol. The number of halogens is 1. The van der Waals surface area contributed by atoms with Crippen LogP contribution in [0.15, 0.2) is 71.7 Å². The van der Waals surface area contributed by atoms with Gasteiger partial charge in [0.2, 0.25) is 5.43 Å². The molecule has 1 N–H and O–H groups in total. The van der Waals surface area contributed by atoms with Crippen LogP contribution in [0, 0.1) is 12.7 Å². The van der Waals surface area contributed by atoms with Crippen molar-refractivity contribution >= 4 is 16.8 Å². The summed E-state index contributed by atoms with van der Waals surface area (Å²) in [5.41, 5.74) is 3.69. The van der Waals surface area contributed by atoms with Gasteiger partial charge in [0.15, 0.2) is 17.3 Å². The van der Waals surface area contributed by atoms with Crippen molar-refractivity contribution in [2.24, 2.45) is 0 Å². The van der Waals surface area contributed by atoms with Crippen LogP contribution in [0.2, 0.25) is 0 Å². The van der Waals surface area contributed by atoms with E-state index in [0.717, 1.165) is 5.56 Å². The molecule has 0 saturated carbocycles. The highest BCUT2D eigenvalue weighted by Crippen LogP contribution is 2.34. The van der Waals surface area contributed by atoms with Crippen LogP contribution in [0.1, 0.15) is 34.2 Å². The number of hydrogen-bond donors (Lipinski definition) is 1. The van der Waals surface area contributed by atoms with Gasteiger partial charge in [0, 0.05) is 41.7 Å². The predicted octanol–water partition coefficient (Wildman–Crippen LogP) is 6.23. The first-order valence-electron chi connectivity index (χ1n) is 13.0. The van der Waals surface area contributed by atoms with Gasteiger partial charge in [-0.1, -0.05) is 31.2 Å². The molecule has 3 heterocycles. The van der Waals surface area contributed by atoms with Gasteiger partial charge in [-0.25, -0.2) is 9.37 Å². The summed E-state index contributed by atoms with van der Waals surface area (Å²) in [5.74, 6) is 1.09. The summed E-state index contributed by atoms with van der Waals surface area (Å²) in [6, 6.07) is 16.2. The summed E-state index contributed by atoms with van der Waals surface area (Å²) < 4.78 is 30.2. The molecule has 0 aliphatic heterocycles. The molecule has 0 radical (unpaired) electrons. The zero-order valence-electron chi connectivity index (χ0n) is 23.1. The number of nitrogens with one attached hydrogen (secondary N) is 1. The number of aromatic amines is 1. The van der Waals surface area contributed by atoms with Crippen LogP contribution < -0.4 is 19.6 Å². The zero-order chi connectivity index (χ0) is 29.1. The summed E-state index contributed by atoms with van der Waals surface area (Å²) in [6.45, 7) is 3.66. The number of Topliss-reactive ketones (excluding diaryl/α,β-unsaturated/α-hetero) is 1. The second-order valence-corrected chi connectivity index (χ2v) is 9.39. The number of pyridine rings is 3. The van der Waals surface area contributed by atoms with Crippen molar-refractivity contribution in [2.45, 2.75) is 26.7 Å². The number of methoxy groups -OCH3 is 2. The maximum absolute atomic E-state index is 13.6. The van der Waals surface area contributed by atoms with Crippen molar-refractivity contribution in [2.75, 3.05) is 14.2 Å². The molecular formula is C32H28FN3O5. The summed E-state index contributed by atoms with van der Waals surface area (Å²) in [4.78, 5) is 39.0. The number of ether oxygens (including phenoxy) is 3. The Bertz CT molecular complexity index is 1800. The van der Waals surface area contributed by atoms with Crippen molar-refractivity contribution in [3.05, 3.63) is 105 Å². The number of carbonyl (C=O) groups is 1. The van der Waals surface area contributed by atoms with E-state index in [1.165, 1.54) is 26.4 Å². The third-order valence-electron chi connectivity index (χ3n) is 6.77. The Kier molecular flexibility index (Phi) is 7.78. The van der Waals surface area contributed by atoms with Gasteiger partial charge < -0.3 is 19.2 Å². The van der Waals surface area contributed by atoms with Gasteiger partial charge in [0.1, 0.15) is 17.1 Å². The Hall–Kier alpha value is -5.05. The maximum atomic E-state index is 13.6. The summed E-state index contributed by atoms with van der Waals surface area (Å²) in [6.07, 6.45) is 2.13. The maximum Gasteiger partial charge on any atom is 0.257 e. The van der Waals surface area contributed by atoms with E-state index in [2.05, 4.69) is 15.0 Å². The first kappa shape index (κ1) is 27.5. The van der Waals surface area contributed by atoms with Crippen molar-refractivity contribution in [3.63, 3.8) is 0 Å². The Balaban J connectivity index is 1.40. The highest BCUT2D eigenvalue weighted by Gasteiger charge is 2.21. The van der Waals surface area contributed by atoms with Gasteiger partial charge in [0.05, 0.1) is 25.3 Å². The molecule has 2 aromatic carbocycles. The predicted molar refractivity (Wildman–Crippen MR) is 154 cm³/mol. The number of ketones is 1. The number of hydrogen-bond acceptors (Lipinski definition) is 7. The lowest BCUT2D eigenvalue weighted by molar-refractivity contribution is 0.0990. The number of carbonyl (C=O) groups excluding carboxylic acids is 1. The van der Waals surface area contributed by atoms with Crippen molar-refractivity contribution in [1.82, 2.24) is 15.0 Å². The standard InChI is InChI=1S/C32H28FN3O5/c1-5-23-29(31(38)28(18(2)35-23)20-8-10-21(33)11-9-20)25(37)16-19-6-12-22(13-7-19)41-26-14-15-34-24-17-27(39-3)32(40-4)36-30(24)26/h6-15,17H,5,16H2,1-4H3,(H,35,38). The van der Waals surface area contributed by atoms with Gasteiger partial charge in [0.25, 0.3) is 5.88 Å². The SMILES string of the molecule is CCc1[nH]c(C)c(-c2ccc(F)cc2)c(=O)c1C(=O)Cc1ccc(Oc2ccnc3cc(OC)c(OC)nc23)cc1. The minimum atomic E-state index is -0.398. The van der Waals surface area contributed by atoms with Crippen LogP contribution in [-0.2, 0) is 12.8 Å². The first-order chi connectivity index (χ1) is 19.8. The van der Waals surface area contributed by atoms with E-state index in [4.69, 9.17) is 14.2 Å². The fourth-order valence-electron chi connectivity index (χ4n) is 4.77. The fourth-order valence-corrected chi connectivity index (χ4v) is 4.77. The molecule has 0 bridgehead atoms. The molecule has 41 heavy (non-hydrogen) atoms. The van der Waals surface area contributed by atoms with Gasteiger partial charge in [-0.15, -0.1) is 0 Å². The highest BCUT2D eigenvalue weighted by molar-refractivity contribution is 5.99. The van der Waals surface area contributed by atoms with E-state index in [-0.39, 0.29) is 23.2 Å². The molecule has 0 spiro atoms. The zero-order valence-corrected chi connectivity index (χ0v) is 23.1. The largest absolute Gasteiger partial charge is 0.491 e. The normalized spacial score (nSPS) is 11.0. The second kappa shape index (κ2) is 11.6. The summed E-state index contributed by atoms with van der Waals surface area (Å²) >= 11 is 0. The minimum absolute atomic E-state index is 0.0268. The van der Waals surface area contributed by atoms with E-state index in [0.29, 0.717) is 63.1 Å². The lowest BCUT2D eigenvalue weighted by Gasteiger charge is -2.13. The first-order valence-corrected chi connectivity index (χ1v) is 13.0. The number of rotatable bonds is 9. The van der Waals surface area contributed by atoms with Crippen LogP contribution in [0.4, 0.5) is 4.39 Å². The molecule has 5 aromatic rings. The number of aromatic nitrogens is 3. The smallest absolute Gasteiger partial charge is 0.257 e. The quantitative estimate of drug-likeness (QED) is 0.216. The highest BCUT2D eigenvalue weighted by atomic mass is 19.1. The molecule has 9 heteroatoms. The van der Waals surface area contributed by atoms with E-state index in [9.17, 15) is 14.0 Å². The molecular weight excluding hydrogens is 525 g/mol. The van der Waals surface area contributed by atoms with Crippen LogP contribution >= 0.6 is 0 Å². The van der Waals surface area contributed by atoms with Crippen LogP contribution in [0.3, 0.4) is 0 Å². The fraction of sp³-hybridized carbons (Fsp3) is 0.188. The molecule has 208 valence electrons. The van der Waals surface area contributed by atoms with Crippen molar-refractivity contribution in [3.8, 4) is 34.3 Å². The molecule has 5 rings (SSSR count). The Morgan fingerprint density at radius 2 is 1.71 bits per heavy atom. The van der Waals surface area contributed by atoms with Gasteiger partial charge >= 0.3 is 0 Å². The van der Waals surface area contributed by atoms with E-state index in [1.54, 1.807) is 61.7 Å². The van der Waals surface area contributed by atoms with Gasteiger partial charge in [-0.05, 0) is 48.7 Å². The third kappa shape index (κ3) is 5.51. The molecule has 0 amide bonds. The van der Waals surface area contributed by atoms with E-state index < -0.39 is 5.82 Å². The molecule has 0 aliphatic rings. The molecule has 0 saturated heterocycles. The van der Waals surface area contributed by atoms with Gasteiger partial charge in [-0.3, -0.25) is 14.6 Å². The lowest BCUT2D eigenvalue weighted by Crippen LogP contribution is -2.23. The number of benzene rings is 2. The summed E-state index contributed by atoms with van der Waals surface area (Å²) in [5, 5.41) is 0. The van der Waals surface area contributed by atoms with Crippen LogP contribution in [0.5, 0.6) is 23.1 Å². The Morgan fingerprint density at radius 1 is 0.976 bits per heavy atom.